The normalized spacial score (nSPS) is 22.2. The second-order valence-corrected chi connectivity index (χ2v) is 13.5. The quantitative estimate of drug-likeness (QED) is 0.181. The van der Waals surface area contributed by atoms with Gasteiger partial charge in [0.05, 0.1) is 25.0 Å². The van der Waals surface area contributed by atoms with E-state index >= 15 is 0 Å². The maximum atomic E-state index is 14.5. The number of aliphatic carboxylic acids is 1. The van der Waals surface area contributed by atoms with Crippen LogP contribution in [0.5, 0.6) is 5.75 Å². The van der Waals surface area contributed by atoms with Gasteiger partial charge in [-0.25, -0.2) is 0 Å². The van der Waals surface area contributed by atoms with Crippen LogP contribution >= 0.6 is 0 Å². The average molecular weight is 679 g/mol. The number of ether oxygens (including phenoxy) is 1. The molecule has 5 aromatic carbocycles. The van der Waals surface area contributed by atoms with Crippen molar-refractivity contribution in [3.8, 4) is 5.75 Å². The van der Waals surface area contributed by atoms with E-state index in [4.69, 9.17) is 4.74 Å². The lowest BCUT2D eigenvalue weighted by molar-refractivity contribution is -0.151. The Morgan fingerprint density at radius 3 is 2.10 bits per heavy atom. The molecule has 0 saturated carbocycles. The largest absolute Gasteiger partial charge is 0.494 e. The second kappa shape index (κ2) is 12.4. The lowest BCUT2D eigenvalue weighted by Gasteiger charge is -2.31. The zero-order chi connectivity index (χ0) is 35.4. The summed E-state index contributed by atoms with van der Waals surface area (Å²) in [7, 11) is 0. The molecular formula is C42H34N2O7. The first kappa shape index (κ1) is 32.3. The molecule has 0 spiro atoms. The summed E-state index contributed by atoms with van der Waals surface area (Å²) < 4.78 is 5.76. The smallest absolute Gasteiger partial charge is 0.325 e. The number of ketones is 2. The molecule has 2 fully saturated rings. The number of nitrogens with zero attached hydrogens (tertiary/aromatic N) is 1. The molecule has 2 N–H and O–H groups in total. The van der Waals surface area contributed by atoms with Gasteiger partial charge in [-0.15, -0.1) is 0 Å². The van der Waals surface area contributed by atoms with Crippen molar-refractivity contribution >= 4 is 40.1 Å². The highest BCUT2D eigenvalue weighted by molar-refractivity contribution is 6.28. The van der Waals surface area contributed by atoms with E-state index in [0.717, 1.165) is 22.1 Å². The Balaban J connectivity index is 1.17. The molecule has 9 nitrogen and oxygen atoms in total. The molecule has 1 aliphatic carbocycles. The highest BCUT2D eigenvalue weighted by Crippen LogP contribution is 2.50. The predicted molar refractivity (Wildman–Crippen MR) is 188 cm³/mol. The first-order valence-electron chi connectivity index (χ1n) is 17.1. The molecule has 2 amide bonds. The summed E-state index contributed by atoms with van der Waals surface area (Å²) in [6.45, 7) is 2.37. The first-order valence-corrected chi connectivity index (χ1v) is 17.1. The van der Waals surface area contributed by atoms with Crippen LogP contribution < -0.4 is 10.1 Å². The van der Waals surface area contributed by atoms with Crippen LogP contribution in [0.25, 0.3) is 10.8 Å². The van der Waals surface area contributed by atoms with Crippen molar-refractivity contribution in [1.82, 2.24) is 10.2 Å². The molecule has 5 aromatic rings. The minimum atomic E-state index is -1.81. The fraction of sp³-hybridized carbons (Fsp3) is 0.214. The Morgan fingerprint density at radius 1 is 0.745 bits per heavy atom. The third-order valence-electron chi connectivity index (χ3n) is 10.5. The van der Waals surface area contributed by atoms with Crippen LogP contribution in [0.15, 0.2) is 109 Å². The van der Waals surface area contributed by atoms with Gasteiger partial charge in [-0.1, -0.05) is 91.9 Å². The third-order valence-corrected chi connectivity index (χ3v) is 10.5. The van der Waals surface area contributed by atoms with Gasteiger partial charge in [0.1, 0.15) is 11.3 Å². The standard InChI is InChI=1S/C42H34N2O7/c1-2-19-51-29-16-14-27(15-17-29)36-34-35(42(43-36,41(49)50)22-24-11-13-26-7-3-4-8-28(26)20-24)40(48)44(39(34)47)23-25-12-18-32-33(21-25)38(46)31-10-6-5-9-30(31)37(32)45/h3-18,20-21,34-36,43H,2,19,22-23H2,1H3,(H,49,50). The molecule has 0 radical (unpaired) electrons. The van der Waals surface area contributed by atoms with Crippen LogP contribution in [0.2, 0.25) is 0 Å². The second-order valence-electron chi connectivity index (χ2n) is 13.5. The zero-order valence-corrected chi connectivity index (χ0v) is 27.8. The van der Waals surface area contributed by atoms with Crippen molar-refractivity contribution in [2.45, 2.75) is 37.9 Å². The highest BCUT2D eigenvalue weighted by Gasteiger charge is 2.68. The van der Waals surface area contributed by atoms with E-state index in [2.05, 4.69) is 5.32 Å². The number of rotatable bonds is 9. The summed E-state index contributed by atoms with van der Waals surface area (Å²) in [5.41, 5.74) is 1.14. The molecule has 51 heavy (non-hydrogen) atoms. The Hall–Kier alpha value is -5.93. The summed E-state index contributed by atoms with van der Waals surface area (Å²) in [5, 5.41) is 16.2. The van der Waals surface area contributed by atoms with Crippen LogP contribution in [0, 0.1) is 11.8 Å². The topological polar surface area (TPSA) is 130 Å². The number of nitrogens with one attached hydrogen (secondary N) is 1. The SMILES string of the molecule is CCCOc1ccc(C2NC(Cc3ccc4ccccc4c3)(C(=O)O)C3C(=O)N(Cc4ccc5c(c4)C(=O)c4ccccc4C5=O)C(=O)C23)cc1. The van der Waals surface area contributed by atoms with Gasteiger partial charge in [0.15, 0.2) is 11.6 Å². The highest BCUT2D eigenvalue weighted by atomic mass is 16.5. The van der Waals surface area contributed by atoms with Gasteiger partial charge in [0.2, 0.25) is 11.8 Å². The van der Waals surface area contributed by atoms with Crippen molar-refractivity contribution in [3.63, 3.8) is 0 Å². The van der Waals surface area contributed by atoms with E-state index in [1.54, 1.807) is 66.7 Å². The molecule has 0 bridgehead atoms. The van der Waals surface area contributed by atoms with Gasteiger partial charge in [-0.3, -0.25) is 34.2 Å². The number of carboxylic acids is 1. The fourth-order valence-corrected chi connectivity index (χ4v) is 8.03. The number of hydrogen-bond acceptors (Lipinski definition) is 7. The maximum Gasteiger partial charge on any atom is 0.325 e. The molecule has 2 saturated heterocycles. The van der Waals surface area contributed by atoms with E-state index in [-0.39, 0.29) is 35.7 Å². The monoisotopic (exact) mass is 678 g/mol. The minimum Gasteiger partial charge on any atom is -0.494 e. The number of hydrogen-bond donors (Lipinski definition) is 2. The number of benzene rings is 5. The van der Waals surface area contributed by atoms with Crippen molar-refractivity contribution in [3.05, 3.63) is 148 Å². The summed E-state index contributed by atoms with van der Waals surface area (Å²) in [6.07, 6.45) is 0.796. The molecule has 0 aromatic heterocycles. The van der Waals surface area contributed by atoms with Gasteiger partial charge in [-0.2, -0.15) is 0 Å². The number of amides is 2. The van der Waals surface area contributed by atoms with Gasteiger partial charge in [-0.05, 0) is 58.1 Å². The fourth-order valence-electron chi connectivity index (χ4n) is 8.03. The molecule has 4 unspecified atom stereocenters. The number of fused-ring (bicyclic) bond motifs is 4. The molecular weight excluding hydrogens is 644 g/mol. The Bertz CT molecular complexity index is 2280. The molecule has 3 aliphatic rings. The Labute approximate surface area is 293 Å². The van der Waals surface area contributed by atoms with E-state index in [9.17, 15) is 29.1 Å². The minimum absolute atomic E-state index is 0.0374. The number of carboxylic acid groups (broad SMARTS) is 1. The molecule has 9 heteroatoms. The number of carbonyl (C=O) groups excluding carboxylic acids is 4. The number of likely N-dealkylation sites (tertiary alicyclic amines) is 1. The predicted octanol–water partition coefficient (Wildman–Crippen LogP) is 5.92. The van der Waals surface area contributed by atoms with Crippen molar-refractivity contribution < 1.29 is 33.8 Å². The van der Waals surface area contributed by atoms with Crippen LogP contribution in [0.3, 0.4) is 0 Å². The zero-order valence-electron chi connectivity index (χ0n) is 27.8. The van der Waals surface area contributed by atoms with Crippen LogP contribution in [-0.2, 0) is 27.3 Å². The molecule has 8 rings (SSSR count). The van der Waals surface area contributed by atoms with Crippen molar-refractivity contribution in [2.24, 2.45) is 11.8 Å². The average Bonchev–Trinajstić information content (AvgIpc) is 3.62. The first-order chi connectivity index (χ1) is 24.7. The van der Waals surface area contributed by atoms with E-state index < -0.39 is 41.2 Å². The molecule has 254 valence electrons. The molecule has 4 atom stereocenters. The lowest BCUT2D eigenvalue weighted by Crippen LogP contribution is -2.57. The van der Waals surface area contributed by atoms with Gasteiger partial charge >= 0.3 is 5.97 Å². The summed E-state index contributed by atoms with van der Waals surface area (Å²) in [4.78, 5) is 70.2. The van der Waals surface area contributed by atoms with Crippen LogP contribution in [-0.4, -0.2) is 51.5 Å². The van der Waals surface area contributed by atoms with E-state index in [1.807, 2.05) is 49.4 Å². The number of imide groups is 1. The van der Waals surface area contributed by atoms with Gasteiger partial charge < -0.3 is 9.84 Å². The van der Waals surface area contributed by atoms with E-state index in [1.165, 1.54) is 0 Å². The van der Waals surface area contributed by atoms with Gasteiger partial charge in [0, 0.05) is 34.7 Å². The summed E-state index contributed by atoms with van der Waals surface area (Å²) in [6, 6.07) is 31.2. The summed E-state index contributed by atoms with van der Waals surface area (Å²) in [5.74, 6) is -4.49. The van der Waals surface area contributed by atoms with Crippen molar-refractivity contribution in [1.29, 1.82) is 0 Å². The number of carbonyl (C=O) groups is 5. The van der Waals surface area contributed by atoms with Gasteiger partial charge in [0.25, 0.3) is 0 Å². The van der Waals surface area contributed by atoms with E-state index in [0.29, 0.717) is 40.2 Å². The maximum absolute atomic E-state index is 14.5. The van der Waals surface area contributed by atoms with Crippen molar-refractivity contribution in [2.75, 3.05) is 6.61 Å². The molecule has 2 aliphatic heterocycles. The van der Waals surface area contributed by atoms with Crippen LogP contribution in [0.4, 0.5) is 0 Å². The molecule has 2 heterocycles. The Morgan fingerprint density at radius 2 is 1.39 bits per heavy atom. The van der Waals surface area contributed by atoms with Crippen LogP contribution in [0.1, 0.15) is 67.9 Å². The third kappa shape index (κ3) is 5.23. The Kier molecular flexibility index (Phi) is 7.87. The lowest BCUT2D eigenvalue weighted by atomic mass is 9.76. The summed E-state index contributed by atoms with van der Waals surface area (Å²) >= 11 is 0.